The zero-order valence-corrected chi connectivity index (χ0v) is 20.4. The summed E-state index contributed by atoms with van der Waals surface area (Å²) in [6.07, 6.45) is -0.247. The van der Waals surface area contributed by atoms with Gasteiger partial charge in [0, 0.05) is 6.54 Å². The van der Waals surface area contributed by atoms with Crippen molar-refractivity contribution in [2.45, 2.75) is 57.6 Å². The molecule has 178 valence electrons. The van der Waals surface area contributed by atoms with Crippen LogP contribution >= 0.6 is 0 Å². The van der Waals surface area contributed by atoms with Gasteiger partial charge in [-0.05, 0) is 63.8 Å². The van der Waals surface area contributed by atoms with Crippen molar-refractivity contribution < 1.29 is 27.5 Å². The molecule has 2 aromatic rings. The number of para-hydroxylation sites is 2. The molecule has 1 saturated heterocycles. The van der Waals surface area contributed by atoms with E-state index in [1.807, 2.05) is 19.1 Å². The Morgan fingerprint density at radius 1 is 1.12 bits per heavy atom. The van der Waals surface area contributed by atoms with Crippen LogP contribution in [0.3, 0.4) is 0 Å². The van der Waals surface area contributed by atoms with Crippen molar-refractivity contribution in [1.29, 1.82) is 0 Å². The molecule has 1 N–H and O–H groups in total. The first-order chi connectivity index (χ1) is 15.6. The first kappa shape index (κ1) is 24.7. The van der Waals surface area contributed by atoms with Gasteiger partial charge in [0.2, 0.25) is 10.0 Å². The summed E-state index contributed by atoms with van der Waals surface area (Å²) in [6, 6.07) is 9.53. The molecule has 0 aliphatic carbocycles. The summed E-state index contributed by atoms with van der Waals surface area (Å²) in [6.45, 7) is 7.08. The Kier molecular flexibility index (Phi) is 7.44. The van der Waals surface area contributed by atoms with Crippen molar-refractivity contribution in [3.05, 3.63) is 53.1 Å². The molecule has 0 radical (unpaired) electrons. The SMILES string of the molecule is COc1ccccc1NC(=O)[C@@H](C)OC(=O)[C@H]1CCCN1S(=O)(=O)c1c(C)cc(C)cc1C. The highest BCUT2D eigenvalue weighted by atomic mass is 32.2. The van der Waals surface area contributed by atoms with Gasteiger partial charge in [0.25, 0.3) is 5.91 Å². The summed E-state index contributed by atoms with van der Waals surface area (Å²) >= 11 is 0. The van der Waals surface area contributed by atoms with Gasteiger partial charge >= 0.3 is 5.97 Å². The van der Waals surface area contributed by atoms with Crippen molar-refractivity contribution >= 4 is 27.6 Å². The smallest absolute Gasteiger partial charge is 0.325 e. The second-order valence-corrected chi connectivity index (χ2v) is 10.1. The molecule has 1 heterocycles. The Labute approximate surface area is 194 Å². The van der Waals surface area contributed by atoms with E-state index in [-0.39, 0.29) is 11.4 Å². The highest BCUT2D eigenvalue weighted by Gasteiger charge is 2.42. The first-order valence-electron chi connectivity index (χ1n) is 10.8. The van der Waals surface area contributed by atoms with E-state index in [9.17, 15) is 18.0 Å². The Morgan fingerprint density at radius 3 is 2.39 bits per heavy atom. The van der Waals surface area contributed by atoms with Gasteiger partial charge in [0.1, 0.15) is 11.8 Å². The number of nitrogens with one attached hydrogen (secondary N) is 1. The van der Waals surface area contributed by atoms with Gasteiger partial charge in [0.05, 0.1) is 17.7 Å². The van der Waals surface area contributed by atoms with Crippen LogP contribution in [0.25, 0.3) is 0 Å². The van der Waals surface area contributed by atoms with E-state index in [1.165, 1.54) is 18.3 Å². The molecule has 8 nitrogen and oxygen atoms in total. The maximum atomic E-state index is 13.5. The lowest BCUT2D eigenvalue weighted by molar-refractivity contribution is -0.156. The number of amides is 1. The molecular formula is C24H30N2O6S. The fraction of sp³-hybridized carbons (Fsp3) is 0.417. The van der Waals surface area contributed by atoms with Gasteiger partial charge in [0.15, 0.2) is 6.10 Å². The molecule has 1 fully saturated rings. The maximum Gasteiger partial charge on any atom is 0.325 e. The minimum absolute atomic E-state index is 0.217. The molecule has 2 aromatic carbocycles. The van der Waals surface area contributed by atoms with E-state index in [0.717, 1.165) is 5.56 Å². The van der Waals surface area contributed by atoms with Crippen molar-refractivity contribution in [3.63, 3.8) is 0 Å². The highest BCUT2D eigenvalue weighted by molar-refractivity contribution is 7.89. The van der Waals surface area contributed by atoms with Crippen molar-refractivity contribution in [1.82, 2.24) is 4.31 Å². The predicted molar refractivity (Wildman–Crippen MR) is 125 cm³/mol. The van der Waals surface area contributed by atoms with E-state index < -0.39 is 34.0 Å². The van der Waals surface area contributed by atoms with Crippen LogP contribution in [-0.2, 0) is 24.3 Å². The number of nitrogens with zero attached hydrogens (tertiary/aromatic N) is 1. The van der Waals surface area contributed by atoms with E-state index >= 15 is 0 Å². The van der Waals surface area contributed by atoms with Gasteiger partial charge in [-0.1, -0.05) is 29.8 Å². The van der Waals surface area contributed by atoms with E-state index in [1.54, 1.807) is 38.1 Å². The number of methoxy groups -OCH3 is 1. The fourth-order valence-electron chi connectivity index (χ4n) is 4.24. The number of carbonyl (C=O) groups is 2. The number of hydrogen-bond acceptors (Lipinski definition) is 6. The summed E-state index contributed by atoms with van der Waals surface area (Å²) in [5.74, 6) is -0.798. The molecule has 0 unspecified atom stereocenters. The van der Waals surface area contributed by atoms with Crippen LogP contribution in [-0.4, -0.2) is 50.4 Å². The Bertz CT molecular complexity index is 1140. The van der Waals surface area contributed by atoms with Crippen molar-refractivity contribution in [2.75, 3.05) is 19.0 Å². The van der Waals surface area contributed by atoms with Crippen LogP contribution in [0.1, 0.15) is 36.5 Å². The van der Waals surface area contributed by atoms with Gasteiger partial charge in [-0.2, -0.15) is 4.31 Å². The Hall–Kier alpha value is -2.91. The third-order valence-corrected chi connectivity index (χ3v) is 7.89. The zero-order chi connectivity index (χ0) is 24.3. The number of anilines is 1. The quantitative estimate of drug-likeness (QED) is 0.618. The molecule has 0 saturated carbocycles. The summed E-state index contributed by atoms with van der Waals surface area (Å²) in [5.41, 5.74) is 2.69. The maximum absolute atomic E-state index is 13.5. The van der Waals surface area contributed by atoms with Crippen LogP contribution in [0.15, 0.2) is 41.3 Å². The molecule has 1 aliphatic heterocycles. The van der Waals surface area contributed by atoms with Crippen molar-refractivity contribution in [3.8, 4) is 5.75 Å². The number of ether oxygens (including phenoxy) is 2. The number of sulfonamides is 1. The summed E-state index contributed by atoms with van der Waals surface area (Å²) in [4.78, 5) is 25.7. The molecule has 0 aromatic heterocycles. The predicted octanol–water partition coefficient (Wildman–Crippen LogP) is 3.34. The third-order valence-electron chi connectivity index (χ3n) is 5.67. The summed E-state index contributed by atoms with van der Waals surface area (Å²) in [5, 5.41) is 2.67. The number of rotatable bonds is 7. The lowest BCUT2D eigenvalue weighted by Crippen LogP contribution is -2.43. The molecule has 1 aliphatic rings. The van der Waals surface area contributed by atoms with Crippen molar-refractivity contribution in [2.24, 2.45) is 0 Å². The normalized spacial score (nSPS) is 17.4. The van der Waals surface area contributed by atoms with Crippen LogP contribution in [0.4, 0.5) is 5.69 Å². The molecule has 2 atom stereocenters. The molecule has 3 rings (SSSR count). The average molecular weight is 475 g/mol. The summed E-state index contributed by atoms with van der Waals surface area (Å²) in [7, 11) is -2.42. The standard InChI is InChI=1S/C24H30N2O6S/c1-15-13-16(2)22(17(3)14-15)33(29,30)26-12-8-10-20(26)24(28)32-18(4)23(27)25-19-9-6-7-11-21(19)31-5/h6-7,9,11,13-14,18,20H,8,10,12H2,1-5H3,(H,25,27)/t18-,20-/m1/s1. The lowest BCUT2D eigenvalue weighted by atomic mass is 10.1. The second kappa shape index (κ2) is 9.93. The number of aryl methyl sites for hydroxylation is 3. The molecule has 0 spiro atoms. The third kappa shape index (κ3) is 5.20. The number of hydrogen-bond donors (Lipinski definition) is 1. The minimum Gasteiger partial charge on any atom is -0.495 e. The minimum atomic E-state index is -3.91. The topological polar surface area (TPSA) is 102 Å². The average Bonchev–Trinajstić information content (AvgIpc) is 3.24. The number of benzene rings is 2. The van der Waals surface area contributed by atoms with Crippen LogP contribution in [0.5, 0.6) is 5.75 Å². The molecule has 9 heteroatoms. The second-order valence-electron chi connectivity index (χ2n) is 8.27. The van der Waals surface area contributed by atoms with Crippen LogP contribution in [0, 0.1) is 20.8 Å². The highest BCUT2D eigenvalue weighted by Crippen LogP contribution is 2.31. The molecule has 1 amide bonds. The van der Waals surface area contributed by atoms with E-state index in [4.69, 9.17) is 9.47 Å². The molecular weight excluding hydrogens is 444 g/mol. The largest absolute Gasteiger partial charge is 0.495 e. The van der Waals surface area contributed by atoms with Gasteiger partial charge in [-0.15, -0.1) is 0 Å². The lowest BCUT2D eigenvalue weighted by Gasteiger charge is -2.25. The Morgan fingerprint density at radius 2 is 1.76 bits per heavy atom. The van der Waals surface area contributed by atoms with E-state index in [0.29, 0.717) is 35.4 Å². The monoisotopic (exact) mass is 474 g/mol. The van der Waals surface area contributed by atoms with Crippen LogP contribution in [0.2, 0.25) is 0 Å². The fourth-order valence-corrected chi connectivity index (χ4v) is 6.30. The number of esters is 1. The van der Waals surface area contributed by atoms with Crippen LogP contribution < -0.4 is 10.1 Å². The van der Waals surface area contributed by atoms with Gasteiger partial charge in [-0.25, -0.2) is 8.42 Å². The molecule has 0 bridgehead atoms. The van der Waals surface area contributed by atoms with E-state index in [2.05, 4.69) is 5.32 Å². The van der Waals surface area contributed by atoms with Gasteiger partial charge in [-0.3, -0.25) is 9.59 Å². The first-order valence-corrected chi connectivity index (χ1v) is 12.2. The van der Waals surface area contributed by atoms with Gasteiger partial charge < -0.3 is 14.8 Å². The zero-order valence-electron chi connectivity index (χ0n) is 19.5. The Balaban J connectivity index is 1.75. The number of carbonyl (C=O) groups excluding carboxylic acids is 2. The molecule has 33 heavy (non-hydrogen) atoms. The summed E-state index contributed by atoms with van der Waals surface area (Å²) < 4.78 is 38.7.